The van der Waals surface area contributed by atoms with Crippen molar-refractivity contribution in [2.24, 2.45) is 0 Å². The van der Waals surface area contributed by atoms with Crippen LogP contribution in [-0.4, -0.2) is 50.0 Å². The maximum atomic E-state index is 13.6. The minimum Gasteiger partial charge on any atom is -0.352 e. The molecule has 0 spiro atoms. The Morgan fingerprint density at radius 2 is 1.71 bits per heavy atom. The van der Waals surface area contributed by atoms with Crippen LogP contribution in [0.15, 0.2) is 36.4 Å². The van der Waals surface area contributed by atoms with Crippen LogP contribution in [-0.2, 0) is 26.2 Å². The summed E-state index contributed by atoms with van der Waals surface area (Å²) in [7, 11) is -3.63. The summed E-state index contributed by atoms with van der Waals surface area (Å²) in [6.45, 7) is 7.67. The van der Waals surface area contributed by atoms with E-state index < -0.39 is 16.1 Å². The summed E-state index contributed by atoms with van der Waals surface area (Å²) in [6.07, 6.45) is 2.55. The van der Waals surface area contributed by atoms with Crippen molar-refractivity contribution in [3.63, 3.8) is 0 Å². The zero-order valence-corrected chi connectivity index (χ0v) is 25.5. The van der Waals surface area contributed by atoms with Gasteiger partial charge >= 0.3 is 0 Å². The number of hydrogen-bond acceptors (Lipinski definition) is 4. The number of halogens is 3. The smallest absolute Gasteiger partial charge is 0.243 e. The molecule has 0 aliphatic rings. The van der Waals surface area contributed by atoms with Gasteiger partial charge in [-0.15, -0.1) is 0 Å². The van der Waals surface area contributed by atoms with Crippen molar-refractivity contribution in [3.05, 3.63) is 62.6 Å². The summed E-state index contributed by atoms with van der Waals surface area (Å²) >= 11 is 18.7. The topological polar surface area (TPSA) is 86.8 Å². The predicted octanol–water partition coefficient (Wildman–Crippen LogP) is 6.22. The van der Waals surface area contributed by atoms with E-state index in [1.165, 1.54) is 9.21 Å². The van der Waals surface area contributed by atoms with Crippen LogP contribution < -0.4 is 9.62 Å². The number of rotatable bonds is 13. The SMILES string of the molecule is CC[C@H](C(=O)N[C@@H](C)CC)N(Cc1ccc(Cl)cc1Cl)C(=O)CCCN(c1cccc(Cl)c1C)S(C)(=O)=O. The lowest BCUT2D eigenvalue weighted by Crippen LogP contribution is -2.50. The van der Waals surface area contributed by atoms with Gasteiger partial charge in [-0.05, 0) is 68.5 Å². The van der Waals surface area contributed by atoms with Gasteiger partial charge in [0.1, 0.15) is 6.04 Å². The van der Waals surface area contributed by atoms with Crippen LogP contribution in [0.1, 0.15) is 57.6 Å². The summed E-state index contributed by atoms with van der Waals surface area (Å²) in [6, 6.07) is 9.32. The van der Waals surface area contributed by atoms with Crippen molar-refractivity contribution in [2.75, 3.05) is 17.1 Å². The Balaban J connectivity index is 2.30. The molecule has 0 aromatic heterocycles. The van der Waals surface area contributed by atoms with Crippen LogP contribution >= 0.6 is 34.8 Å². The van der Waals surface area contributed by atoms with Crippen molar-refractivity contribution < 1.29 is 18.0 Å². The number of nitrogens with one attached hydrogen (secondary N) is 1. The van der Waals surface area contributed by atoms with E-state index in [-0.39, 0.29) is 43.8 Å². The molecule has 210 valence electrons. The van der Waals surface area contributed by atoms with Crippen LogP contribution in [0.3, 0.4) is 0 Å². The summed E-state index contributed by atoms with van der Waals surface area (Å²) in [5, 5.41) is 4.28. The molecular formula is C27H36Cl3N3O4S. The molecule has 2 amide bonds. The number of benzene rings is 2. The fourth-order valence-corrected chi connectivity index (χ4v) is 5.70. The van der Waals surface area contributed by atoms with Crippen molar-refractivity contribution in [2.45, 2.75) is 72.0 Å². The highest BCUT2D eigenvalue weighted by atomic mass is 35.5. The number of hydrogen-bond donors (Lipinski definition) is 1. The summed E-state index contributed by atoms with van der Waals surface area (Å²) in [5.41, 5.74) is 1.76. The molecule has 2 aromatic rings. The number of nitrogens with zero attached hydrogens (tertiary/aromatic N) is 2. The lowest BCUT2D eigenvalue weighted by molar-refractivity contribution is -0.141. The second kappa shape index (κ2) is 14.4. The Labute approximate surface area is 241 Å². The molecule has 7 nitrogen and oxygen atoms in total. The van der Waals surface area contributed by atoms with Gasteiger partial charge in [-0.25, -0.2) is 8.42 Å². The zero-order valence-electron chi connectivity index (χ0n) is 22.4. The van der Waals surface area contributed by atoms with Crippen LogP contribution in [0, 0.1) is 6.92 Å². The monoisotopic (exact) mass is 603 g/mol. The lowest BCUT2D eigenvalue weighted by Gasteiger charge is -2.32. The van der Waals surface area contributed by atoms with Crippen LogP contribution in [0.4, 0.5) is 5.69 Å². The number of sulfonamides is 1. The molecule has 0 aliphatic heterocycles. The molecular weight excluding hydrogens is 569 g/mol. The van der Waals surface area contributed by atoms with E-state index in [0.717, 1.165) is 12.7 Å². The molecule has 0 bridgehead atoms. The maximum Gasteiger partial charge on any atom is 0.243 e. The van der Waals surface area contributed by atoms with Gasteiger partial charge in [-0.3, -0.25) is 13.9 Å². The fraction of sp³-hybridized carbons (Fsp3) is 0.481. The first-order valence-electron chi connectivity index (χ1n) is 12.6. The lowest BCUT2D eigenvalue weighted by atomic mass is 10.1. The average molecular weight is 605 g/mol. The van der Waals surface area contributed by atoms with Gasteiger partial charge in [0.05, 0.1) is 11.9 Å². The highest BCUT2D eigenvalue weighted by Crippen LogP contribution is 2.29. The van der Waals surface area contributed by atoms with E-state index in [1.54, 1.807) is 43.3 Å². The van der Waals surface area contributed by atoms with Gasteiger partial charge in [0, 0.05) is 40.6 Å². The molecule has 0 heterocycles. The van der Waals surface area contributed by atoms with E-state index in [2.05, 4.69) is 5.32 Å². The van der Waals surface area contributed by atoms with Crippen LogP contribution in [0.2, 0.25) is 15.1 Å². The van der Waals surface area contributed by atoms with E-state index >= 15 is 0 Å². The zero-order chi connectivity index (χ0) is 28.6. The van der Waals surface area contributed by atoms with Gasteiger partial charge in [-0.1, -0.05) is 60.8 Å². The normalized spacial score (nSPS) is 13.1. The van der Waals surface area contributed by atoms with Crippen molar-refractivity contribution in [1.82, 2.24) is 10.2 Å². The van der Waals surface area contributed by atoms with Gasteiger partial charge in [-0.2, -0.15) is 0 Å². The molecule has 0 saturated heterocycles. The quantitative estimate of drug-likeness (QED) is 0.294. The van der Waals surface area contributed by atoms with Gasteiger partial charge in [0.25, 0.3) is 0 Å². The standard InChI is InChI=1S/C27H36Cl3N3O4S/c1-6-18(3)31-27(35)24(7-2)32(17-20-13-14-21(28)16-23(20)30)26(34)12-9-15-33(38(5,36)37)25-11-8-10-22(29)19(25)4/h8,10-11,13-14,16,18,24H,6-7,9,12,15,17H2,1-5H3,(H,31,35)/t18-,24+/m0/s1. The summed E-state index contributed by atoms with van der Waals surface area (Å²) < 4.78 is 26.4. The number of amides is 2. The predicted molar refractivity (Wildman–Crippen MR) is 157 cm³/mol. The molecule has 11 heteroatoms. The molecule has 2 rings (SSSR count). The molecule has 38 heavy (non-hydrogen) atoms. The summed E-state index contributed by atoms with van der Waals surface area (Å²) in [5.74, 6) is -0.522. The second-order valence-electron chi connectivity index (χ2n) is 9.32. The molecule has 0 saturated carbocycles. The van der Waals surface area contributed by atoms with Gasteiger partial charge in [0.2, 0.25) is 21.8 Å². The molecule has 0 radical (unpaired) electrons. The Bertz CT molecular complexity index is 1240. The Morgan fingerprint density at radius 3 is 2.29 bits per heavy atom. The third-order valence-corrected chi connectivity index (χ3v) is 8.58. The molecule has 2 atom stereocenters. The average Bonchev–Trinajstić information content (AvgIpc) is 2.84. The Hall–Kier alpha value is -2.00. The second-order valence-corrected chi connectivity index (χ2v) is 12.5. The molecule has 0 unspecified atom stereocenters. The molecule has 0 fully saturated rings. The van der Waals surface area contributed by atoms with Crippen molar-refractivity contribution >= 4 is 62.3 Å². The van der Waals surface area contributed by atoms with Gasteiger partial charge < -0.3 is 10.2 Å². The Morgan fingerprint density at radius 1 is 1.03 bits per heavy atom. The first kappa shape index (κ1) is 32.2. The molecule has 2 aromatic carbocycles. The number of carbonyl (C=O) groups excluding carboxylic acids is 2. The number of anilines is 1. The highest BCUT2D eigenvalue weighted by molar-refractivity contribution is 7.92. The largest absolute Gasteiger partial charge is 0.352 e. The first-order valence-corrected chi connectivity index (χ1v) is 15.5. The van der Waals surface area contributed by atoms with E-state index in [1.807, 2.05) is 20.8 Å². The number of carbonyl (C=O) groups is 2. The van der Waals surface area contributed by atoms with E-state index in [4.69, 9.17) is 34.8 Å². The minimum absolute atomic E-state index is 0.0317. The maximum absolute atomic E-state index is 13.6. The minimum atomic E-state index is -3.63. The van der Waals surface area contributed by atoms with Crippen LogP contribution in [0.5, 0.6) is 0 Å². The Kier molecular flexibility index (Phi) is 12.2. The van der Waals surface area contributed by atoms with Crippen molar-refractivity contribution in [1.29, 1.82) is 0 Å². The third-order valence-electron chi connectivity index (χ3n) is 6.40. The molecule has 0 aliphatic carbocycles. The van der Waals surface area contributed by atoms with Crippen molar-refractivity contribution in [3.8, 4) is 0 Å². The third kappa shape index (κ3) is 8.76. The fourth-order valence-electron chi connectivity index (χ4n) is 4.04. The summed E-state index contributed by atoms with van der Waals surface area (Å²) in [4.78, 5) is 28.2. The highest BCUT2D eigenvalue weighted by Gasteiger charge is 2.30. The molecule has 1 N–H and O–H groups in total. The van der Waals surface area contributed by atoms with E-state index in [0.29, 0.717) is 38.3 Å². The van der Waals surface area contributed by atoms with E-state index in [9.17, 15) is 18.0 Å². The van der Waals surface area contributed by atoms with Crippen LogP contribution in [0.25, 0.3) is 0 Å². The van der Waals surface area contributed by atoms with Gasteiger partial charge in [0.15, 0.2) is 0 Å². The first-order chi connectivity index (χ1) is 17.8.